The Morgan fingerprint density at radius 1 is 1.44 bits per heavy atom. The molecule has 1 fully saturated rings. The highest BCUT2D eigenvalue weighted by molar-refractivity contribution is 5.85. The molecule has 0 heterocycles. The molecule has 0 aliphatic heterocycles. The quantitative estimate of drug-likeness (QED) is 0.828. The van der Waals surface area contributed by atoms with E-state index in [9.17, 15) is 4.79 Å². The highest BCUT2D eigenvalue weighted by atomic mass is 35.5. The number of carbonyl (C=O) groups excluding carboxylic acids is 1. The molecule has 1 aliphatic carbocycles. The number of nitrogens with zero attached hydrogens (tertiary/aromatic N) is 1. The van der Waals surface area contributed by atoms with Gasteiger partial charge in [0.15, 0.2) is 0 Å². The van der Waals surface area contributed by atoms with E-state index in [0.29, 0.717) is 0 Å². The standard InChI is InChI=1S/C12H24N2O.ClH/c1-12(2,3)10(13)11(15)14(4)8-7-9-5-6-9;/h9-10H,5-8,13H2,1-4H3;1H/t10-;/m1./s1. The van der Waals surface area contributed by atoms with Gasteiger partial charge < -0.3 is 10.6 Å². The second-order valence-electron chi connectivity index (χ2n) is 5.84. The number of rotatable bonds is 4. The van der Waals surface area contributed by atoms with Gasteiger partial charge in [-0.1, -0.05) is 33.6 Å². The third kappa shape index (κ3) is 4.71. The highest BCUT2D eigenvalue weighted by Crippen LogP contribution is 2.32. The van der Waals surface area contributed by atoms with Gasteiger partial charge in [-0.3, -0.25) is 4.79 Å². The van der Waals surface area contributed by atoms with Crippen LogP contribution in [-0.4, -0.2) is 30.4 Å². The Morgan fingerprint density at radius 2 is 1.94 bits per heavy atom. The van der Waals surface area contributed by atoms with E-state index in [1.165, 1.54) is 12.8 Å². The van der Waals surface area contributed by atoms with Crippen molar-refractivity contribution >= 4 is 18.3 Å². The fourth-order valence-corrected chi connectivity index (χ4v) is 1.50. The van der Waals surface area contributed by atoms with E-state index < -0.39 is 0 Å². The van der Waals surface area contributed by atoms with Crippen LogP contribution in [0.15, 0.2) is 0 Å². The predicted molar refractivity (Wildman–Crippen MR) is 69.7 cm³/mol. The summed E-state index contributed by atoms with van der Waals surface area (Å²) in [5.41, 5.74) is 5.78. The van der Waals surface area contributed by atoms with E-state index in [4.69, 9.17) is 5.73 Å². The molecule has 2 N–H and O–H groups in total. The minimum Gasteiger partial charge on any atom is -0.344 e. The summed E-state index contributed by atoms with van der Waals surface area (Å²) in [6.45, 7) is 6.87. The van der Waals surface area contributed by atoms with Crippen LogP contribution in [0.3, 0.4) is 0 Å². The Bertz CT molecular complexity index is 234. The summed E-state index contributed by atoms with van der Waals surface area (Å²) in [4.78, 5) is 13.7. The second-order valence-corrected chi connectivity index (χ2v) is 5.84. The molecule has 96 valence electrons. The van der Waals surface area contributed by atoms with E-state index in [1.54, 1.807) is 4.90 Å². The van der Waals surface area contributed by atoms with Crippen molar-refractivity contribution in [2.75, 3.05) is 13.6 Å². The maximum absolute atomic E-state index is 11.9. The number of amides is 1. The lowest BCUT2D eigenvalue weighted by atomic mass is 9.86. The van der Waals surface area contributed by atoms with E-state index >= 15 is 0 Å². The van der Waals surface area contributed by atoms with Crippen molar-refractivity contribution in [3.05, 3.63) is 0 Å². The Hall–Kier alpha value is -0.280. The second kappa shape index (κ2) is 5.87. The lowest BCUT2D eigenvalue weighted by molar-refractivity contribution is -0.133. The molecule has 1 rings (SSSR count). The molecule has 0 bridgehead atoms. The number of nitrogens with two attached hydrogens (primary N) is 1. The monoisotopic (exact) mass is 248 g/mol. The van der Waals surface area contributed by atoms with Crippen molar-refractivity contribution in [3.8, 4) is 0 Å². The average molecular weight is 249 g/mol. The van der Waals surface area contributed by atoms with Crippen molar-refractivity contribution in [3.63, 3.8) is 0 Å². The summed E-state index contributed by atoms with van der Waals surface area (Å²) in [6.07, 6.45) is 3.82. The Balaban J connectivity index is 0.00000225. The first kappa shape index (κ1) is 15.7. The van der Waals surface area contributed by atoms with Crippen LogP contribution >= 0.6 is 12.4 Å². The molecule has 1 saturated carbocycles. The summed E-state index contributed by atoms with van der Waals surface area (Å²) >= 11 is 0. The van der Waals surface area contributed by atoms with Gasteiger partial charge in [0, 0.05) is 13.6 Å². The summed E-state index contributed by atoms with van der Waals surface area (Å²) in [5, 5.41) is 0. The molecule has 1 amide bonds. The molecule has 0 unspecified atom stereocenters. The fraction of sp³-hybridized carbons (Fsp3) is 0.917. The van der Waals surface area contributed by atoms with Gasteiger partial charge in [-0.2, -0.15) is 0 Å². The molecule has 0 aromatic rings. The minimum absolute atomic E-state index is 0. The lowest BCUT2D eigenvalue weighted by Crippen LogP contribution is -2.49. The molecule has 1 aliphatic rings. The number of hydrogen-bond acceptors (Lipinski definition) is 2. The molecule has 0 saturated heterocycles. The van der Waals surface area contributed by atoms with Crippen molar-refractivity contribution in [1.29, 1.82) is 0 Å². The van der Waals surface area contributed by atoms with Gasteiger partial charge in [0.25, 0.3) is 0 Å². The molecule has 0 radical (unpaired) electrons. The van der Waals surface area contributed by atoms with Crippen LogP contribution in [0.1, 0.15) is 40.0 Å². The smallest absolute Gasteiger partial charge is 0.239 e. The van der Waals surface area contributed by atoms with Crippen molar-refractivity contribution in [2.24, 2.45) is 17.1 Å². The maximum atomic E-state index is 11.9. The maximum Gasteiger partial charge on any atom is 0.239 e. The first-order chi connectivity index (χ1) is 6.82. The summed E-state index contributed by atoms with van der Waals surface area (Å²) < 4.78 is 0. The Morgan fingerprint density at radius 3 is 2.31 bits per heavy atom. The SMILES string of the molecule is CN(CCC1CC1)C(=O)[C@@H](N)C(C)(C)C.Cl. The van der Waals surface area contributed by atoms with Crippen molar-refractivity contribution < 1.29 is 4.79 Å². The average Bonchev–Trinajstić information content (AvgIpc) is 2.93. The van der Waals surface area contributed by atoms with Gasteiger partial charge >= 0.3 is 0 Å². The first-order valence-electron chi connectivity index (χ1n) is 5.83. The Labute approximate surface area is 105 Å². The number of likely N-dealkylation sites (N-methyl/N-ethyl adjacent to an activating group) is 1. The minimum atomic E-state index is -0.387. The summed E-state index contributed by atoms with van der Waals surface area (Å²) in [6, 6.07) is -0.387. The molecule has 0 aromatic heterocycles. The van der Waals surface area contributed by atoms with Gasteiger partial charge in [0.05, 0.1) is 6.04 Å². The molecule has 1 atom stereocenters. The van der Waals surface area contributed by atoms with Crippen molar-refractivity contribution in [2.45, 2.75) is 46.1 Å². The molecule has 3 nitrogen and oxygen atoms in total. The summed E-state index contributed by atoms with van der Waals surface area (Å²) in [5.74, 6) is 0.939. The van der Waals surface area contributed by atoms with Gasteiger partial charge in [0.1, 0.15) is 0 Å². The molecule has 4 heteroatoms. The van der Waals surface area contributed by atoms with Crippen LogP contribution in [0.4, 0.5) is 0 Å². The largest absolute Gasteiger partial charge is 0.344 e. The van der Waals surface area contributed by atoms with E-state index in [-0.39, 0.29) is 29.8 Å². The van der Waals surface area contributed by atoms with Crippen LogP contribution in [0.5, 0.6) is 0 Å². The Kier molecular flexibility index (Phi) is 5.77. The zero-order chi connectivity index (χ0) is 11.6. The van der Waals surface area contributed by atoms with Gasteiger partial charge in [-0.25, -0.2) is 0 Å². The van der Waals surface area contributed by atoms with E-state index in [1.807, 2.05) is 27.8 Å². The normalized spacial score (nSPS) is 17.6. The van der Waals surface area contributed by atoms with E-state index in [0.717, 1.165) is 18.9 Å². The fourth-order valence-electron chi connectivity index (χ4n) is 1.50. The first-order valence-corrected chi connectivity index (χ1v) is 5.83. The number of halogens is 1. The molecule has 0 spiro atoms. The molecule has 16 heavy (non-hydrogen) atoms. The topological polar surface area (TPSA) is 46.3 Å². The molecule has 0 aromatic carbocycles. The number of carbonyl (C=O) groups is 1. The number of hydrogen-bond donors (Lipinski definition) is 1. The third-order valence-corrected chi connectivity index (χ3v) is 3.14. The van der Waals surface area contributed by atoms with Crippen LogP contribution in [0.25, 0.3) is 0 Å². The van der Waals surface area contributed by atoms with E-state index in [2.05, 4.69) is 0 Å². The van der Waals surface area contributed by atoms with Gasteiger partial charge in [-0.15, -0.1) is 12.4 Å². The summed E-state index contributed by atoms with van der Waals surface area (Å²) in [7, 11) is 1.86. The van der Waals surface area contributed by atoms with Gasteiger partial charge in [-0.05, 0) is 17.8 Å². The van der Waals surface area contributed by atoms with Crippen molar-refractivity contribution in [1.82, 2.24) is 4.90 Å². The third-order valence-electron chi connectivity index (χ3n) is 3.14. The van der Waals surface area contributed by atoms with Crippen LogP contribution in [0, 0.1) is 11.3 Å². The highest BCUT2D eigenvalue weighted by Gasteiger charge is 2.30. The zero-order valence-corrected chi connectivity index (χ0v) is 11.6. The predicted octanol–water partition coefficient (Wildman–Crippen LogP) is 2.04. The van der Waals surface area contributed by atoms with Crippen LogP contribution in [-0.2, 0) is 4.79 Å². The van der Waals surface area contributed by atoms with Gasteiger partial charge in [0.2, 0.25) is 5.91 Å². The van der Waals surface area contributed by atoms with Crippen LogP contribution < -0.4 is 5.73 Å². The van der Waals surface area contributed by atoms with Crippen LogP contribution in [0.2, 0.25) is 0 Å². The zero-order valence-electron chi connectivity index (χ0n) is 10.8. The molecular formula is C12H25ClN2O. The lowest BCUT2D eigenvalue weighted by Gasteiger charge is -2.30. The molecular weight excluding hydrogens is 224 g/mol.